The number of aliphatic hydroxyl groups is 1. The predicted molar refractivity (Wildman–Crippen MR) is 157 cm³/mol. The van der Waals surface area contributed by atoms with E-state index in [2.05, 4.69) is 9.98 Å². The van der Waals surface area contributed by atoms with Crippen LogP contribution >= 0.6 is 0 Å². The molecule has 0 saturated carbocycles. The summed E-state index contributed by atoms with van der Waals surface area (Å²) >= 11 is 0. The number of primary amides is 1. The van der Waals surface area contributed by atoms with Crippen molar-refractivity contribution in [2.75, 3.05) is 30.4 Å². The van der Waals surface area contributed by atoms with Gasteiger partial charge in [-0.3, -0.25) is 14.8 Å². The van der Waals surface area contributed by atoms with E-state index < -0.39 is 11.5 Å². The van der Waals surface area contributed by atoms with E-state index in [0.29, 0.717) is 28.2 Å². The lowest BCUT2D eigenvalue weighted by atomic mass is 10.00. The van der Waals surface area contributed by atoms with E-state index >= 15 is 0 Å². The summed E-state index contributed by atoms with van der Waals surface area (Å²) in [6, 6.07) is 25.7. The number of hydrogen-bond donors (Lipinski definition) is 3. The summed E-state index contributed by atoms with van der Waals surface area (Å²) in [7, 11) is 3.59. The smallest absolute Gasteiger partial charge is 0.248 e. The number of anilines is 4. The van der Waals surface area contributed by atoms with Gasteiger partial charge in [0, 0.05) is 42.3 Å². The number of aromatic nitrogens is 1. The molecule has 4 rings (SSSR count). The average molecular weight is 524 g/mol. The molecule has 4 aromatic rings. The first kappa shape index (κ1) is 27.3. The Labute approximate surface area is 228 Å². The quantitative estimate of drug-likeness (QED) is 0.265. The summed E-state index contributed by atoms with van der Waals surface area (Å²) in [5, 5.41) is 20.3. The standard InChI is InChI=1S/C31H33N5O3/c1-31(2,39)20-36(24-8-6-5-7-9-24)26-17-21(16-22(18-26)30(32)38)29(33-3)28-15-12-25(19-34-28)35(4)23-10-13-27(37)14-11-23/h5-19,37,39H,20H2,1-4H3,(H2,32,38). The SMILES string of the molecule is CN=C(c1cc(C(N)=O)cc(N(CC(C)(C)O)c2ccccc2)c1)c1ccc(N(C)c2ccc(O)cc2)cn1. The van der Waals surface area contributed by atoms with Gasteiger partial charge in [-0.15, -0.1) is 0 Å². The molecule has 0 aliphatic heterocycles. The molecule has 0 aliphatic rings. The molecular weight excluding hydrogens is 490 g/mol. The zero-order valence-corrected chi connectivity index (χ0v) is 22.5. The number of nitrogens with two attached hydrogens (primary N) is 1. The summed E-state index contributed by atoms with van der Waals surface area (Å²) in [6.45, 7) is 3.76. The van der Waals surface area contributed by atoms with Gasteiger partial charge >= 0.3 is 0 Å². The van der Waals surface area contributed by atoms with Crippen molar-refractivity contribution >= 4 is 34.4 Å². The topological polar surface area (TPSA) is 115 Å². The molecule has 0 atom stereocenters. The largest absolute Gasteiger partial charge is 0.508 e. The van der Waals surface area contributed by atoms with Crippen LogP contribution in [0.1, 0.15) is 35.5 Å². The van der Waals surface area contributed by atoms with Gasteiger partial charge in [0.15, 0.2) is 0 Å². The lowest BCUT2D eigenvalue weighted by Gasteiger charge is -2.31. The fraction of sp³-hybridized carbons (Fsp3) is 0.194. The van der Waals surface area contributed by atoms with E-state index in [4.69, 9.17) is 5.73 Å². The third kappa shape index (κ3) is 6.61. The first-order valence-electron chi connectivity index (χ1n) is 12.5. The number of carbonyl (C=O) groups excluding carboxylic acids is 1. The van der Waals surface area contributed by atoms with Crippen LogP contribution < -0.4 is 15.5 Å². The number of amides is 1. The zero-order chi connectivity index (χ0) is 28.2. The van der Waals surface area contributed by atoms with Crippen LogP contribution in [0.5, 0.6) is 5.75 Å². The number of carbonyl (C=O) groups is 1. The molecule has 3 aromatic carbocycles. The highest BCUT2D eigenvalue weighted by molar-refractivity contribution is 6.13. The van der Waals surface area contributed by atoms with Crippen LogP contribution in [-0.4, -0.2) is 53.1 Å². The Kier molecular flexibility index (Phi) is 7.97. The van der Waals surface area contributed by atoms with Crippen molar-refractivity contribution in [2.45, 2.75) is 19.4 Å². The van der Waals surface area contributed by atoms with E-state index in [1.807, 2.05) is 77.5 Å². The highest BCUT2D eigenvalue weighted by Crippen LogP contribution is 2.31. The maximum Gasteiger partial charge on any atom is 0.248 e. The second kappa shape index (κ2) is 11.4. The molecule has 200 valence electrons. The lowest BCUT2D eigenvalue weighted by Crippen LogP contribution is -2.36. The molecule has 39 heavy (non-hydrogen) atoms. The minimum Gasteiger partial charge on any atom is -0.508 e. The molecule has 8 heteroatoms. The molecule has 1 amide bonds. The Morgan fingerprint density at radius 1 is 0.897 bits per heavy atom. The molecule has 0 aliphatic carbocycles. The molecule has 1 aromatic heterocycles. The molecule has 0 fully saturated rings. The van der Waals surface area contributed by atoms with Crippen molar-refractivity contribution in [3.63, 3.8) is 0 Å². The number of para-hydroxylation sites is 1. The van der Waals surface area contributed by atoms with E-state index in [0.717, 1.165) is 17.1 Å². The number of phenolic OH excluding ortho intramolecular Hbond substituents is 1. The van der Waals surface area contributed by atoms with E-state index in [1.54, 1.807) is 51.4 Å². The number of aliphatic imine (C=N–C) groups is 1. The monoisotopic (exact) mass is 523 g/mol. The van der Waals surface area contributed by atoms with Crippen molar-refractivity contribution in [1.29, 1.82) is 0 Å². The maximum absolute atomic E-state index is 12.4. The van der Waals surface area contributed by atoms with Crippen LogP contribution in [0.4, 0.5) is 22.7 Å². The van der Waals surface area contributed by atoms with Gasteiger partial charge in [0.2, 0.25) is 5.91 Å². The summed E-state index contributed by atoms with van der Waals surface area (Å²) in [5.41, 5.74) is 10.2. The summed E-state index contributed by atoms with van der Waals surface area (Å²) in [6.07, 6.45) is 1.75. The fourth-order valence-corrected chi connectivity index (χ4v) is 4.31. The molecule has 0 radical (unpaired) electrons. The Bertz CT molecular complexity index is 1460. The average Bonchev–Trinajstić information content (AvgIpc) is 2.92. The molecule has 4 N–H and O–H groups in total. The van der Waals surface area contributed by atoms with Crippen LogP contribution in [0.3, 0.4) is 0 Å². The van der Waals surface area contributed by atoms with Crippen LogP contribution in [0, 0.1) is 0 Å². The van der Waals surface area contributed by atoms with Gasteiger partial charge in [0.1, 0.15) is 5.75 Å². The zero-order valence-electron chi connectivity index (χ0n) is 22.5. The van der Waals surface area contributed by atoms with Gasteiger partial charge in [-0.25, -0.2) is 0 Å². The second-order valence-corrected chi connectivity index (χ2v) is 9.92. The van der Waals surface area contributed by atoms with Gasteiger partial charge in [0.05, 0.1) is 35.4 Å². The molecule has 8 nitrogen and oxygen atoms in total. The Balaban J connectivity index is 1.74. The van der Waals surface area contributed by atoms with Crippen LogP contribution in [0.2, 0.25) is 0 Å². The highest BCUT2D eigenvalue weighted by Gasteiger charge is 2.22. The Morgan fingerprint density at radius 3 is 2.10 bits per heavy atom. The Morgan fingerprint density at radius 2 is 1.54 bits per heavy atom. The van der Waals surface area contributed by atoms with Crippen molar-refractivity contribution in [1.82, 2.24) is 4.98 Å². The maximum atomic E-state index is 12.4. The predicted octanol–water partition coefficient (Wildman–Crippen LogP) is 5.03. The fourth-order valence-electron chi connectivity index (χ4n) is 4.31. The molecule has 0 spiro atoms. The van der Waals surface area contributed by atoms with Gasteiger partial charge in [-0.1, -0.05) is 18.2 Å². The summed E-state index contributed by atoms with van der Waals surface area (Å²) in [4.78, 5) is 25.4. The van der Waals surface area contributed by atoms with Gasteiger partial charge in [0.25, 0.3) is 0 Å². The molecule has 0 unspecified atom stereocenters. The van der Waals surface area contributed by atoms with Gasteiger partial charge < -0.3 is 25.7 Å². The second-order valence-electron chi connectivity index (χ2n) is 9.92. The minimum absolute atomic E-state index is 0.204. The molecular formula is C31H33N5O3. The minimum atomic E-state index is -1.01. The Hall–Kier alpha value is -4.69. The third-order valence-electron chi connectivity index (χ3n) is 6.24. The molecule has 0 saturated heterocycles. The van der Waals surface area contributed by atoms with Crippen molar-refractivity contribution < 1.29 is 15.0 Å². The van der Waals surface area contributed by atoms with Gasteiger partial charge in [-0.05, 0) is 80.6 Å². The highest BCUT2D eigenvalue weighted by atomic mass is 16.3. The number of rotatable bonds is 9. The van der Waals surface area contributed by atoms with E-state index in [9.17, 15) is 15.0 Å². The molecule has 1 heterocycles. The van der Waals surface area contributed by atoms with E-state index in [-0.39, 0.29) is 12.3 Å². The number of hydrogen-bond acceptors (Lipinski definition) is 7. The summed E-state index contributed by atoms with van der Waals surface area (Å²) in [5.74, 6) is -0.362. The normalized spacial score (nSPS) is 11.8. The first-order valence-corrected chi connectivity index (χ1v) is 12.5. The van der Waals surface area contributed by atoms with Crippen molar-refractivity contribution in [2.24, 2.45) is 10.7 Å². The van der Waals surface area contributed by atoms with Gasteiger partial charge in [-0.2, -0.15) is 0 Å². The lowest BCUT2D eigenvalue weighted by molar-refractivity contribution is 0.0898. The number of pyridine rings is 1. The third-order valence-corrected chi connectivity index (χ3v) is 6.24. The number of phenols is 1. The number of nitrogens with zero attached hydrogens (tertiary/aromatic N) is 4. The van der Waals surface area contributed by atoms with Crippen LogP contribution in [0.15, 0.2) is 96.1 Å². The van der Waals surface area contributed by atoms with Crippen molar-refractivity contribution in [3.8, 4) is 5.75 Å². The van der Waals surface area contributed by atoms with E-state index in [1.165, 1.54) is 0 Å². The first-order chi connectivity index (χ1) is 18.6. The summed E-state index contributed by atoms with van der Waals surface area (Å²) < 4.78 is 0. The number of benzene rings is 3. The van der Waals surface area contributed by atoms with Crippen LogP contribution in [0.25, 0.3) is 0 Å². The van der Waals surface area contributed by atoms with Crippen LogP contribution in [-0.2, 0) is 0 Å². The van der Waals surface area contributed by atoms with Crippen molar-refractivity contribution in [3.05, 3.63) is 108 Å². The molecule has 0 bridgehead atoms. The number of aromatic hydroxyl groups is 1.